The lowest BCUT2D eigenvalue weighted by molar-refractivity contribution is -0.889. The number of alkyl halides is 19. The Morgan fingerprint density at radius 3 is 1.24 bits per heavy atom. The molecule has 0 aliphatic rings. The second kappa shape index (κ2) is 11.2. The quantitative estimate of drug-likeness (QED) is 0.134. The van der Waals surface area contributed by atoms with Crippen LogP contribution in [0.5, 0.6) is 0 Å². The van der Waals surface area contributed by atoms with Gasteiger partial charge in [0.1, 0.15) is 0 Å². The molecule has 5 nitrogen and oxygen atoms in total. The van der Waals surface area contributed by atoms with Gasteiger partial charge in [-0.15, -0.1) is 0 Å². The zero-order chi connectivity index (χ0) is 34.4. The molecule has 2 N–H and O–H groups in total. The first kappa shape index (κ1) is 39.6. The van der Waals surface area contributed by atoms with Crippen LogP contribution in [0.1, 0.15) is 12.8 Å². The first-order valence-corrected chi connectivity index (χ1v) is 10.5. The standard InChI is InChI=1S/C18H17F19N2O3/c1-39(2,7-4-8(40)41)6-3-5-38-9(42)10(19,20)11(21,22)12(23,24)13(25,26)14(27,28)15(29,30)16(31,32)17(33,34)18(35,36)37/h3-7H2,1-2H3,(H-,38,40,41,42)/p+1. The van der Waals surface area contributed by atoms with Crippen LogP contribution in [0.2, 0.25) is 0 Å². The second-order valence-electron chi connectivity index (χ2n) is 9.23. The molecule has 0 atom stereocenters. The van der Waals surface area contributed by atoms with E-state index >= 15 is 0 Å². The zero-order valence-electron chi connectivity index (χ0n) is 20.4. The monoisotopic (exact) mass is 671 g/mol. The molecule has 0 heterocycles. The number of rotatable bonds is 15. The SMILES string of the molecule is C[N+](C)(CCCNC(=O)C(F)(F)C(F)(F)C(F)(F)C(F)(F)C(F)(F)C(F)(F)C(F)(F)C(F)(F)C(F)(F)F)CCC(=O)O. The average molecular weight is 671 g/mol. The molecule has 1 amide bonds. The summed E-state index contributed by atoms with van der Waals surface area (Å²) >= 11 is 0. The molecule has 0 aliphatic carbocycles. The van der Waals surface area contributed by atoms with Gasteiger partial charge >= 0.3 is 59.5 Å². The van der Waals surface area contributed by atoms with E-state index in [0.29, 0.717) is 0 Å². The molecule has 24 heteroatoms. The van der Waals surface area contributed by atoms with Crippen molar-refractivity contribution < 1.29 is 103 Å². The van der Waals surface area contributed by atoms with E-state index in [1.807, 2.05) is 0 Å². The van der Waals surface area contributed by atoms with Crippen molar-refractivity contribution in [2.45, 2.75) is 66.4 Å². The molecule has 0 unspecified atom stereocenters. The summed E-state index contributed by atoms with van der Waals surface area (Å²) in [6.45, 7) is -1.65. The smallest absolute Gasteiger partial charge is 0.460 e. The van der Waals surface area contributed by atoms with E-state index in [9.17, 15) is 93.0 Å². The molecule has 0 rings (SSSR count). The fourth-order valence-corrected chi connectivity index (χ4v) is 2.83. The molecule has 0 fully saturated rings. The van der Waals surface area contributed by atoms with Gasteiger partial charge in [0.2, 0.25) is 0 Å². The molecule has 0 aliphatic heterocycles. The molecule has 0 bridgehead atoms. The van der Waals surface area contributed by atoms with Gasteiger partial charge in [-0.3, -0.25) is 9.59 Å². The number of aliphatic carboxylic acids is 1. The van der Waals surface area contributed by atoms with E-state index in [2.05, 4.69) is 0 Å². The Kier molecular flexibility index (Phi) is 10.6. The third-order valence-corrected chi connectivity index (χ3v) is 5.56. The Morgan fingerprint density at radius 2 is 0.905 bits per heavy atom. The van der Waals surface area contributed by atoms with Crippen molar-refractivity contribution in [2.75, 3.05) is 33.7 Å². The lowest BCUT2D eigenvalue weighted by Crippen LogP contribution is -2.76. The summed E-state index contributed by atoms with van der Waals surface area (Å²) in [4.78, 5) is 21.9. The van der Waals surface area contributed by atoms with Gasteiger partial charge in [-0.2, -0.15) is 83.4 Å². The summed E-state index contributed by atoms with van der Waals surface area (Å²) in [6.07, 6.45) is -9.01. The lowest BCUT2D eigenvalue weighted by Gasteiger charge is -2.43. The Bertz CT molecular complexity index is 991. The number of carbonyl (C=O) groups excluding carboxylic acids is 1. The van der Waals surface area contributed by atoms with Gasteiger partial charge in [-0.1, -0.05) is 0 Å². The third-order valence-electron chi connectivity index (χ3n) is 5.56. The predicted octanol–water partition coefficient (Wildman–Crippen LogP) is 5.69. The van der Waals surface area contributed by atoms with E-state index in [-0.39, 0.29) is 17.6 Å². The maximum Gasteiger partial charge on any atom is 0.460 e. The van der Waals surface area contributed by atoms with Crippen molar-refractivity contribution in [1.29, 1.82) is 0 Å². The van der Waals surface area contributed by atoms with Gasteiger partial charge in [0.05, 0.1) is 33.6 Å². The van der Waals surface area contributed by atoms with Crippen LogP contribution in [0.15, 0.2) is 0 Å². The zero-order valence-corrected chi connectivity index (χ0v) is 20.4. The highest BCUT2D eigenvalue weighted by molar-refractivity contribution is 5.84. The first-order valence-electron chi connectivity index (χ1n) is 10.5. The van der Waals surface area contributed by atoms with Crippen LogP contribution in [0.3, 0.4) is 0 Å². The minimum atomic E-state index is -9.06. The number of carboxylic acid groups (broad SMARTS) is 1. The number of halogens is 19. The summed E-state index contributed by atoms with van der Waals surface area (Å²) in [6, 6.07) is 0. The number of amides is 1. The van der Waals surface area contributed by atoms with Crippen LogP contribution in [0, 0.1) is 0 Å². The molecule has 0 aromatic rings. The van der Waals surface area contributed by atoms with Crippen molar-refractivity contribution in [3.63, 3.8) is 0 Å². The van der Waals surface area contributed by atoms with E-state index < -0.39 is 84.8 Å². The molecular formula is C18H18F19N2O3+. The second-order valence-corrected chi connectivity index (χ2v) is 9.23. The fraction of sp³-hybridized carbons (Fsp3) is 0.889. The highest BCUT2D eigenvalue weighted by atomic mass is 19.4. The minimum Gasteiger partial charge on any atom is -0.481 e. The Balaban J connectivity index is 6.28. The highest BCUT2D eigenvalue weighted by Gasteiger charge is 2.97. The molecule has 0 saturated carbocycles. The Labute approximate surface area is 221 Å². The largest absolute Gasteiger partial charge is 0.481 e. The van der Waals surface area contributed by atoms with Crippen LogP contribution < -0.4 is 5.32 Å². The van der Waals surface area contributed by atoms with Gasteiger partial charge in [0, 0.05) is 13.0 Å². The number of hydrogen-bond acceptors (Lipinski definition) is 2. The van der Waals surface area contributed by atoms with Crippen molar-refractivity contribution in [1.82, 2.24) is 5.32 Å². The van der Waals surface area contributed by atoms with Gasteiger partial charge in [-0.05, 0) is 0 Å². The summed E-state index contributed by atoms with van der Waals surface area (Å²) in [5.74, 6) is -73.4. The van der Waals surface area contributed by atoms with Crippen LogP contribution in [0.4, 0.5) is 83.4 Å². The third kappa shape index (κ3) is 6.26. The molecular weight excluding hydrogens is 653 g/mol. The Hall–Kier alpha value is -2.43. The molecule has 0 saturated heterocycles. The van der Waals surface area contributed by atoms with Crippen LogP contribution in [0.25, 0.3) is 0 Å². The van der Waals surface area contributed by atoms with E-state index in [0.717, 1.165) is 5.32 Å². The summed E-state index contributed by atoms with van der Waals surface area (Å²) < 4.78 is 252. The first-order chi connectivity index (χ1) is 18.0. The molecule has 0 radical (unpaired) electrons. The van der Waals surface area contributed by atoms with E-state index in [4.69, 9.17) is 5.11 Å². The summed E-state index contributed by atoms with van der Waals surface area (Å²) in [5, 5.41) is 9.34. The number of carbonyl (C=O) groups is 2. The molecule has 0 aromatic carbocycles. The molecule has 0 aromatic heterocycles. The molecule has 250 valence electrons. The van der Waals surface area contributed by atoms with Crippen molar-refractivity contribution in [2.24, 2.45) is 0 Å². The molecule has 42 heavy (non-hydrogen) atoms. The number of hydrogen-bond donors (Lipinski definition) is 2. The Morgan fingerprint density at radius 1 is 0.571 bits per heavy atom. The topological polar surface area (TPSA) is 66.4 Å². The van der Waals surface area contributed by atoms with E-state index in [1.54, 1.807) is 0 Å². The number of quaternary nitrogens is 1. The van der Waals surface area contributed by atoms with Gasteiger partial charge < -0.3 is 14.9 Å². The normalized spacial score (nSPS) is 15.5. The van der Waals surface area contributed by atoms with Gasteiger partial charge in [-0.25, -0.2) is 0 Å². The van der Waals surface area contributed by atoms with Gasteiger partial charge in [0.25, 0.3) is 5.91 Å². The number of nitrogens with zero attached hydrogens (tertiary/aromatic N) is 1. The van der Waals surface area contributed by atoms with Crippen molar-refractivity contribution in [3.8, 4) is 0 Å². The maximum absolute atomic E-state index is 13.9. The highest BCUT2D eigenvalue weighted by Crippen LogP contribution is 2.65. The van der Waals surface area contributed by atoms with Crippen LogP contribution in [-0.4, -0.2) is 109 Å². The fourth-order valence-electron chi connectivity index (χ4n) is 2.83. The minimum absolute atomic E-state index is 0.161. The number of nitrogens with one attached hydrogen (secondary N) is 1. The van der Waals surface area contributed by atoms with Crippen LogP contribution in [-0.2, 0) is 9.59 Å². The van der Waals surface area contributed by atoms with Crippen molar-refractivity contribution in [3.05, 3.63) is 0 Å². The molecule has 0 spiro atoms. The average Bonchev–Trinajstić information content (AvgIpc) is 2.78. The van der Waals surface area contributed by atoms with Gasteiger partial charge in [0.15, 0.2) is 0 Å². The summed E-state index contributed by atoms with van der Waals surface area (Å²) in [7, 11) is 2.61. The maximum atomic E-state index is 13.9. The number of carboxylic acids is 1. The predicted molar refractivity (Wildman–Crippen MR) is 97.4 cm³/mol. The summed E-state index contributed by atoms with van der Waals surface area (Å²) in [5.41, 5.74) is 0. The lowest BCUT2D eigenvalue weighted by atomic mass is 9.87. The van der Waals surface area contributed by atoms with Crippen LogP contribution >= 0.6 is 0 Å². The van der Waals surface area contributed by atoms with E-state index in [1.165, 1.54) is 14.1 Å². The van der Waals surface area contributed by atoms with Crippen molar-refractivity contribution >= 4 is 11.9 Å².